The highest BCUT2D eigenvalue weighted by Gasteiger charge is 2.08. The number of alkyl halides is 1. The van der Waals surface area contributed by atoms with Gasteiger partial charge in [0.15, 0.2) is 0 Å². The van der Waals surface area contributed by atoms with E-state index in [2.05, 4.69) is 29.8 Å². The first-order chi connectivity index (χ1) is 7.49. The van der Waals surface area contributed by atoms with E-state index in [9.17, 15) is 4.39 Å². The fourth-order valence-electron chi connectivity index (χ4n) is 1.65. The molecule has 0 spiro atoms. The van der Waals surface area contributed by atoms with Gasteiger partial charge in [-0.2, -0.15) is 0 Å². The van der Waals surface area contributed by atoms with Crippen molar-refractivity contribution in [1.29, 1.82) is 0 Å². The summed E-state index contributed by atoms with van der Waals surface area (Å²) in [6, 6.07) is 4.95. The van der Waals surface area contributed by atoms with Gasteiger partial charge < -0.3 is 0 Å². The Morgan fingerprint density at radius 2 is 2.06 bits per heavy atom. The third kappa shape index (κ3) is 4.84. The summed E-state index contributed by atoms with van der Waals surface area (Å²) >= 11 is 9.39. The zero-order valence-corrected chi connectivity index (χ0v) is 12.0. The smallest absolute Gasteiger partial charge is 0.141 e. The molecule has 0 bridgehead atoms. The van der Waals surface area contributed by atoms with Crippen LogP contribution in [0.3, 0.4) is 0 Å². The third-order valence-electron chi connectivity index (χ3n) is 2.46. The van der Waals surface area contributed by atoms with Crippen molar-refractivity contribution in [3.8, 4) is 0 Å². The second-order valence-corrected chi connectivity index (χ2v) is 6.22. The second-order valence-electron chi connectivity index (χ2n) is 4.51. The largest absolute Gasteiger partial charge is 0.205 e. The Morgan fingerprint density at radius 1 is 1.38 bits per heavy atom. The minimum Gasteiger partial charge on any atom is -0.205 e. The predicted molar refractivity (Wildman–Crippen MR) is 71.9 cm³/mol. The summed E-state index contributed by atoms with van der Waals surface area (Å²) in [7, 11) is 0. The Morgan fingerprint density at radius 3 is 2.62 bits per heavy atom. The molecule has 0 fully saturated rings. The normalized spacial score (nSPS) is 13.1. The zero-order chi connectivity index (χ0) is 12.1. The maximum Gasteiger partial charge on any atom is 0.141 e. The van der Waals surface area contributed by atoms with Gasteiger partial charge in [0.25, 0.3) is 0 Å². The predicted octanol–water partition coefficient (Wildman–Crippen LogP) is 5.22. The van der Waals surface area contributed by atoms with Crippen molar-refractivity contribution < 1.29 is 4.39 Å². The average Bonchev–Trinajstić information content (AvgIpc) is 2.19. The van der Waals surface area contributed by atoms with E-state index in [-0.39, 0.29) is 10.8 Å². The third-order valence-corrected chi connectivity index (χ3v) is 3.58. The Hall–Kier alpha value is -0.0800. The van der Waals surface area contributed by atoms with Crippen LogP contribution >= 0.6 is 27.5 Å². The highest BCUT2D eigenvalue weighted by Crippen LogP contribution is 2.21. The minimum absolute atomic E-state index is 0.215. The van der Waals surface area contributed by atoms with Crippen molar-refractivity contribution >= 4 is 27.5 Å². The average molecular weight is 308 g/mol. The van der Waals surface area contributed by atoms with E-state index in [4.69, 9.17) is 11.6 Å². The van der Waals surface area contributed by atoms with Gasteiger partial charge in [0.1, 0.15) is 5.82 Å². The second kappa shape index (κ2) is 6.61. The van der Waals surface area contributed by atoms with Crippen LogP contribution in [-0.4, -0.2) is 4.83 Å². The van der Waals surface area contributed by atoms with Gasteiger partial charge in [-0.15, -0.1) is 0 Å². The molecule has 0 aliphatic carbocycles. The van der Waals surface area contributed by atoms with Gasteiger partial charge in [-0.05, 0) is 42.9 Å². The van der Waals surface area contributed by atoms with E-state index in [1.54, 1.807) is 12.1 Å². The molecule has 1 aromatic rings. The molecule has 0 nitrogen and oxygen atoms in total. The van der Waals surface area contributed by atoms with E-state index in [1.165, 1.54) is 6.07 Å². The number of halogens is 3. The van der Waals surface area contributed by atoms with Crippen molar-refractivity contribution in [1.82, 2.24) is 0 Å². The first kappa shape index (κ1) is 14.0. The highest BCUT2D eigenvalue weighted by atomic mass is 79.9. The van der Waals surface area contributed by atoms with E-state index >= 15 is 0 Å². The SMILES string of the molecule is CC(C)CC(Br)CCc1ccc(F)c(Cl)c1. The van der Waals surface area contributed by atoms with Crippen LogP contribution in [0.1, 0.15) is 32.3 Å². The summed E-state index contributed by atoms with van der Waals surface area (Å²) in [5.74, 6) is 0.351. The van der Waals surface area contributed by atoms with Crippen LogP contribution in [-0.2, 0) is 6.42 Å². The van der Waals surface area contributed by atoms with Gasteiger partial charge in [0.05, 0.1) is 5.02 Å². The van der Waals surface area contributed by atoms with Gasteiger partial charge >= 0.3 is 0 Å². The molecule has 90 valence electrons. The van der Waals surface area contributed by atoms with Crippen LogP contribution in [0.15, 0.2) is 18.2 Å². The number of rotatable bonds is 5. The van der Waals surface area contributed by atoms with E-state index in [0.29, 0.717) is 10.7 Å². The van der Waals surface area contributed by atoms with Crippen molar-refractivity contribution in [2.45, 2.75) is 37.9 Å². The first-order valence-corrected chi connectivity index (χ1v) is 6.86. The Kier molecular flexibility index (Phi) is 5.77. The van der Waals surface area contributed by atoms with Gasteiger partial charge in [0.2, 0.25) is 0 Å². The molecule has 1 unspecified atom stereocenters. The summed E-state index contributed by atoms with van der Waals surface area (Å²) in [4.78, 5) is 0.524. The molecular weight excluding hydrogens is 290 g/mol. The van der Waals surface area contributed by atoms with Gasteiger partial charge in [-0.1, -0.05) is 47.4 Å². The van der Waals surface area contributed by atoms with Gasteiger partial charge in [-0.3, -0.25) is 0 Å². The van der Waals surface area contributed by atoms with E-state index < -0.39 is 0 Å². The first-order valence-electron chi connectivity index (χ1n) is 5.57. The highest BCUT2D eigenvalue weighted by molar-refractivity contribution is 9.09. The van der Waals surface area contributed by atoms with Gasteiger partial charge in [0, 0.05) is 4.83 Å². The van der Waals surface area contributed by atoms with Crippen molar-refractivity contribution in [3.05, 3.63) is 34.6 Å². The number of aryl methyl sites for hydroxylation is 1. The fourth-order valence-corrected chi connectivity index (χ4v) is 2.83. The van der Waals surface area contributed by atoms with Crippen molar-refractivity contribution in [2.75, 3.05) is 0 Å². The maximum atomic E-state index is 12.9. The molecule has 1 atom stereocenters. The quantitative estimate of drug-likeness (QED) is 0.654. The molecular formula is C13H17BrClF. The molecule has 0 amide bonds. The lowest BCUT2D eigenvalue weighted by molar-refractivity contribution is 0.554. The molecule has 16 heavy (non-hydrogen) atoms. The van der Waals surface area contributed by atoms with E-state index in [1.807, 2.05) is 0 Å². The Balaban J connectivity index is 2.45. The number of benzene rings is 1. The lowest BCUT2D eigenvalue weighted by atomic mass is 10.0. The Labute approximate surface area is 110 Å². The van der Waals surface area contributed by atoms with Crippen LogP contribution in [0, 0.1) is 11.7 Å². The van der Waals surface area contributed by atoms with Crippen LogP contribution in [0.4, 0.5) is 4.39 Å². The molecule has 0 aromatic heterocycles. The molecule has 0 aliphatic heterocycles. The zero-order valence-electron chi connectivity index (χ0n) is 9.64. The number of hydrogen-bond acceptors (Lipinski definition) is 0. The van der Waals surface area contributed by atoms with E-state index in [0.717, 1.165) is 24.8 Å². The van der Waals surface area contributed by atoms with Crippen LogP contribution < -0.4 is 0 Å². The molecule has 1 rings (SSSR count). The molecule has 0 heterocycles. The summed E-state index contributed by atoms with van der Waals surface area (Å²) in [6.07, 6.45) is 3.15. The van der Waals surface area contributed by atoms with Crippen LogP contribution in [0.5, 0.6) is 0 Å². The minimum atomic E-state index is -0.344. The monoisotopic (exact) mass is 306 g/mol. The van der Waals surface area contributed by atoms with Crippen LogP contribution in [0.25, 0.3) is 0 Å². The fraction of sp³-hybridized carbons (Fsp3) is 0.538. The van der Waals surface area contributed by atoms with Gasteiger partial charge in [-0.25, -0.2) is 4.39 Å². The summed E-state index contributed by atoms with van der Waals surface area (Å²) in [6.45, 7) is 4.42. The lowest BCUT2D eigenvalue weighted by Crippen LogP contribution is -2.04. The molecule has 0 N–H and O–H groups in total. The Bertz CT molecular complexity index is 339. The summed E-state index contributed by atoms with van der Waals surface area (Å²) < 4.78 is 12.9. The summed E-state index contributed by atoms with van der Waals surface area (Å²) in [5, 5.41) is 0.215. The lowest BCUT2D eigenvalue weighted by Gasteiger charge is -2.12. The van der Waals surface area contributed by atoms with Crippen LogP contribution in [0.2, 0.25) is 5.02 Å². The summed E-state index contributed by atoms with van der Waals surface area (Å²) in [5.41, 5.74) is 1.10. The van der Waals surface area contributed by atoms with Crippen molar-refractivity contribution in [3.63, 3.8) is 0 Å². The maximum absolute atomic E-state index is 12.9. The molecule has 0 radical (unpaired) electrons. The molecule has 1 aromatic carbocycles. The van der Waals surface area contributed by atoms with Crippen molar-refractivity contribution in [2.24, 2.45) is 5.92 Å². The molecule has 0 saturated heterocycles. The topological polar surface area (TPSA) is 0 Å². The molecule has 3 heteroatoms. The standard InChI is InChI=1S/C13H17BrClF/c1-9(2)7-11(14)5-3-10-4-6-13(16)12(15)8-10/h4,6,8-9,11H,3,5,7H2,1-2H3. The number of hydrogen-bond donors (Lipinski definition) is 0. The molecule has 0 aliphatic rings. The molecule has 0 saturated carbocycles.